The second kappa shape index (κ2) is 5.09. The Balaban J connectivity index is 2.40. The van der Waals surface area contributed by atoms with Gasteiger partial charge in [0.25, 0.3) is 0 Å². The summed E-state index contributed by atoms with van der Waals surface area (Å²) in [5.41, 5.74) is 2.32. The highest BCUT2D eigenvalue weighted by atomic mass is 16.4. The molecule has 1 saturated heterocycles. The SMILES string of the molecule is Cc1ccc(N2CCCCC2C(=O)O)c(C#N)c1. The minimum Gasteiger partial charge on any atom is -0.480 e. The summed E-state index contributed by atoms with van der Waals surface area (Å²) in [7, 11) is 0. The summed E-state index contributed by atoms with van der Waals surface area (Å²) in [4.78, 5) is 13.1. The van der Waals surface area contributed by atoms with Gasteiger partial charge in [-0.15, -0.1) is 0 Å². The summed E-state index contributed by atoms with van der Waals surface area (Å²) >= 11 is 0. The number of carbonyl (C=O) groups is 1. The number of hydrogen-bond donors (Lipinski definition) is 1. The molecule has 4 nitrogen and oxygen atoms in total. The smallest absolute Gasteiger partial charge is 0.326 e. The summed E-state index contributed by atoms with van der Waals surface area (Å²) in [6.07, 6.45) is 2.55. The lowest BCUT2D eigenvalue weighted by molar-refractivity contribution is -0.139. The number of hydrogen-bond acceptors (Lipinski definition) is 3. The second-order valence-electron chi connectivity index (χ2n) is 4.68. The van der Waals surface area contributed by atoms with Gasteiger partial charge in [-0.05, 0) is 43.9 Å². The van der Waals surface area contributed by atoms with Gasteiger partial charge in [-0.25, -0.2) is 4.79 Å². The van der Waals surface area contributed by atoms with Crippen LogP contribution in [-0.4, -0.2) is 23.7 Å². The highest BCUT2D eigenvalue weighted by molar-refractivity contribution is 5.79. The number of nitriles is 1. The van der Waals surface area contributed by atoms with Crippen molar-refractivity contribution in [3.8, 4) is 6.07 Å². The summed E-state index contributed by atoms with van der Waals surface area (Å²) in [6.45, 7) is 2.63. The van der Waals surface area contributed by atoms with Crippen molar-refractivity contribution in [3.63, 3.8) is 0 Å². The van der Waals surface area contributed by atoms with E-state index in [1.807, 2.05) is 30.0 Å². The molecule has 0 radical (unpaired) electrons. The van der Waals surface area contributed by atoms with Gasteiger partial charge < -0.3 is 10.0 Å². The lowest BCUT2D eigenvalue weighted by atomic mass is 9.99. The van der Waals surface area contributed by atoms with E-state index < -0.39 is 12.0 Å². The molecule has 0 spiro atoms. The van der Waals surface area contributed by atoms with Crippen molar-refractivity contribution < 1.29 is 9.90 Å². The van der Waals surface area contributed by atoms with Gasteiger partial charge in [0.2, 0.25) is 0 Å². The van der Waals surface area contributed by atoms with Gasteiger partial charge in [0.05, 0.1) is 11.3 Å². The van der Waals surface area contributed by atoms with Gasteiger partial charge in [0, 0.05) is 6.54 Å². The predicted octanol–water partition coefficient (Wildman–Crippen LogP) is 2.31. The van der Waals surface area contributed by atoms with Gasteiger partial charge in [0.15, 0.2) is 0 Å². The Bertz CT molecular complexity index is 505. The Kier molecular flexibility index (Phi) is 3.52. The van der Waals surface area contributed by atoms with E-state index in [1.165, 1.54) is 0 Å². The molecule has 1 unspecified atom stereocenters. The molecule has 1 aliphatic rings. The van der Waals surface area contributed by atoms with Crippen LogP contribution in [0.3, 0.4) is 0 Å². The number of rotatable bonds is 2. The van der Waals surface area contributed by atoms with Crippen LogP contribution in [0.5, 0.6) is 0 Å². The van der Waals surface area contributed by atoms with Crippen LogP contribution in [0.4, 0.5) is 5.69 Å². The molecular weight excluding hydrogens is 228 g/mol. The number of aryl methyl sites for hydroxylation is 1. The molecule has 0 aromatic heterocycles. The first-order chi connectivity index (χ1) is 8.63. The number of aliphatic carboxylic acids is 1. The van der Waals surface area contributed by atoms with E-state index in [0.29, 0.717) is 18.5 Å². The van der Waals surface area contributed by atoms with Crippen LogP contribution >= 0.6 is 0 Å². The number of piperidine rings is 1. The van der Waals surface area contributed by atoms with Crippen molar-refractivity contribution in [2.45, 2.75) is 32.2 Å². The summed E-state index contributed by atoms with van der Waals surface area (Å²) in [5.74, 6) is -0.806. The Morgan fingerprint density at radius 1 is 1.50 bits per heavy atom. The van der Waals surface area contributed by atoms with Gasteiger partial charge in [-0.1, -0.05) is 6.07 Å². The molecule has 1 aromatic rings. The number of carboxylic acid groups (broad SMARTS) is 1. The maximum atomic E-state index is 11.3. The monoisotopic (exact) mass is 244 g/mol. The number of carboxylic acids is 1. The first kappa shape index (κ1) is 12.4. The first-order valence-electron chi connectivity index (χ1n) is 6.13. The van der Waals surface area contributed by atoms with Gasteiger partial charge in [-0.3, -0.25) is 0 Å². The molecule has 0 aliphatic carbocycles. The van der Waals surface area contributed by atoms with E-state index in [4.69, 9.17) is 0 Å². The van der Waals surface area contributed by atoms with Gasteiger partial charge >= 0.3 is 5.97 Å². The van der Waals surface area contributed by atoms with Crippen molar-refractivity contribution in [2.24, 2.45) is 0 Å². The van der Waals surface area contributed by atoms with Crippen molar-refractivity contribution in [3.05, 3.63) is 29.3 Å². The molecule has 1 fully saturated rings. The number of nitrogens with zero attached hydrogens (tertiary/aromatic N) is 2. The molecule has 0 amide bonds. The molecule has 18 heavy (non-hydrogen) atoms. The van der Waals surface area contributed by atoms with Gasteiger partial charge in [0.1, 0.15) is 12.1 Å². The average molecular weight is 244 g/mol. The van der Waals surface area contributed by atoms with E-state index in [-0.39, 0.29) is 0 Å². The van der Waals surface area contributed by atoms with Crippen LogP contribution in [0.25, 0.3) is 0 Å². The minimum absolute atomic E-state index is 0.506. The van der Waals surface area contributed by atoms with Crippen molar-refractivity contribution >= 4 is 11.7 Å². The Morgan fingerprint density at radius 2 is 2.28 bits per heavy atom. The standard InChI is InChI=1S/C14H16N2O2/c1-10-5-6-12(11(8-10)9-15)16-7-3-2-4-13(16)14(17)18/h5-6,8,13H,2-4,7H2,1H3,(H,17,18). The van der Waals surface area contributed by atoms with E-state index in [2.05, 4.69) is 6.07 Å². The summed E-state index contributed by atoms with van der Waals surface area (Å²) in [5, 5.41) is 18.4. The summed E-state index contributed by atoms with van der Waals surface area (Å²) < 4.78 is 0. The number of anilines is 1. The third kappa shape index (κ3) is 2.30. The fourth-order valence-electron chi connectivity index (χ4n) is 2.47. The molecule has 4 heteroatoms. The molecule has 2 rings (SSSR count). The topological polar surface area (TPSA) is 64.3 Å². The fraction of sp³-hybridized carbons (Fsp3) is 0.429. The van der Waals surface area contributed by atoms with Crippen LogP contribution in [0.2, 0.25) is 0 Å². The molecule has 0 saturated carbocycles. The zero-order valence-electron chi connectivity index (χ0n) is 10.4. The van der Waals surface area contributed by atoms with E-state index in [0.717, 1.165) is 24.1 Å². The van der Waals surface area contributed by atoms with Crippen LogP contribution in [-0.2, 0) is 4.79 Å². The third-order valence-corrected chi connectivity index (χ3v) is 3.37. The van der Waals surface area contributed by atoms with Crippen LogP contribution in [0.1, 0.15) is 30.4 Å². The van der Waals surface area contributed by atoms with E-state index in [9.17, 15) is 15.2 Å². The Hall–Kier alpha value is -2.02. The molecule has 1 atom stereocenters. The highest BCUT2D eigenvalue weighted by Crippen LogP contribution is 2.28. The van der Waals surface area contributed by atoms with E-state index in [1.54, 1.807) is 0 Å². The van der Waals surface area contributed by atoms with Crippen molar-refractivity contribution in [1.82, 2.24) is 0 Å². The zero-order chi connectivity index (χ0) is 13.1. The minimum atomic E-state index is -0.806. The molecule has 1 N–H and O–H groups in total. The Morgan fingerprint density at radius 3 is 2.94 bits per heavy atom. The molecule has 1 aliphatic heterocycles. The van der Waals surface area contributed by atoms with Crippen LogP contribution in [0, 0.1) is 18.3 Å². The molecular formula is C14H16N2O2. The molecule has 94 valence electrons. The van der Waals surface area contributed by atoms with Crippen LogP contribution < -0.4 is 4.90 Å². The second-order valence-corrected chi connectivity index (χ2v) is 4.68. The van der Waals surface area contributed by atoms with Crippen LogP contribution in [0.15, 0.2) is 18.2 Å². The summed E-state index contributed by atoms with van der Waals surface area (Å²) in [6, 6.07) is 7.24. The molecule has 0 bridgehead atoms. The number of benzene rings is 1. The third-order valence-electron chi connectivity index (χ3n) is 3.37. The predicted molar refractivity (Wildman–Crippen MR) is 68.5 cm³/mol. The Labute approximate surface area is 106 Å². The van der Waals surface area contributed by atoms with Crippen molar-refractivity contribution in [1.29, 1.82) is 5.26 Å². The highest BCUT2D eigenvalue weighted by Gasteiger charge is 2.29. The lowest BCUT2D eigenvalue weighted by Gasteiger charge is -2.35. The lowest BCUT2D eigenvalue weighted by Crippen LogP contribution is -2.45. The maximum absolute atomic E-state index is 11.3. The first-order valence-corrected chi connectivity index (χ1v) is 6.13. The average Bonchev–Trinajstić information content (AvgIpc) is 2.38. The van der Waals surface area contributed by atoms with Gasteiger partial charge in [-0.2, -0.15) is 5.26 Å². The maximum Gasteiger partial charge on any atom is 0.326 e. The normalized spacial score (nSPS) is 19.3. The zero-order valence-corrected chi connectivity index (χ0v) is 10.4. The quantitative estimate of drug-likeness (QED) is 0.867. The largest absolute Gasteiger partial charge is 0.480 e. The molecule has 1 aromatic carbocycles. The molecule has 1 heterocycles. The van der Waals surface area contributed by atoms with Crippen molar-refractivity contribution in [2.75, 3.05) is 11.4 Å². The van der Waals surface area contributed by atoms with E-state index >= 15 is 0 Å². The fourth-order valence-corrected chi connectivity index (χ4v) is 2.47.